The van der Waals surface area contributed by atoms with Crippen molar-refractivity contribution in [1.82, 2.24) is 16.0 Å². The highest BCUT2D eigenvalue weighted by molar-refractivity contribution is 5.92. The minimum atomic E-state index is -1.57. The zero-order valence-electron chi connectivity index (χ0n) is 15.9. The maximum atomic E-state index is 12.2. The summed E-state index contributed by atoms with van der Waals surface area (Å²) in [5, 5.41) is 24.5. The summed E-state index contributed by atoms with van der Waals surface area (Å²) in [7, 11) is 0. The average molecular weight is 403 g/mol. The molecule has 0 aromatic rings. The second kappa shape index (κ2) is 12.6. The van der Waals surface area contributed by atoms with E-state index in [9.17, 15) is 24.0 Å². The molecule has 0 saturated heterocycles. The number of amides is 4. The van der Waals surface area contributed by atoms with Crippen LogP contribution in [0.25, 0.3) is 0 Å². The Hall–Kier alpha value is -2.73. The van der Waals surface area contributed by atoms with Crippen molar-refractivity contribution in [3.63, 3.8) is 0 Å². The molecule has 3 unspecified atom stereocenters. The largest absolute Gasteiger partial charge is 0.480 e. The molecule has 0 spiro atoms. The molecule has 0 fully saturated rings. The number of hydrogen-bond acceptors (Lipinski definition) is 7. The molecular weight excluding hydrogens is 374 g/mol. The SMILES string of the molecule is CC(C)CC(N)C(=O)NCC(=O)NC(CCC(N)=O)C(=O)NC(CO)C(=O)O. The Morgan fingerprint density at radius 3 is 2.07 bits per heavy atom. The van der Waals surface area contributed by atoms with E-state index in [1.165, 1.54) is 0 Å². The standard InChI is InChI=1S/C16H29N5O7/c1-8(2)5-9(17)14(25)19-6-13(24)20-10(3-4-12(18)23)15(26)21-11(7-22)16(27)28/h8-11,22H,3-7,17H2,1-2H3,(H2,18,23)(H,19,25)(H,20,24)(H,21,26)(H,27,28). The van der Waals surface area contributed by atoms with Gasteiger partial charge in [-0.15, -0.1) is 0 Å². The Morgan fingerprint density at radius 1 is 1.00 bits per heavy atom. The van der Waals surface area contributed by atoms with Crippen LogP contribution >= 0.6 is 0 Å². The maximum Gasteiger partial charge on any atom is 0.328 e. The molecule has 0 heterocycles. The molecule has 12 nitrogen and oxygen atoms in total. The van der Waals surface area contributed by atoms with Crippen LogP contribution in [0.5, 0.6) is 0 Å². The Labute approximate surface area is 162 Å². The molecule has 0 radical (unpaired) electrons. The van der Waals surface area contributed by atoms with E-state index in [0.717, 1.165) is 0 Å². The predicted octanol–water partition coefficient (Wildman–Crippen LogP) is -3.21. The van der Waals surface area contributed by atoms with E-state index in [4.69, 9.17) is 21.7 Å². The number of nitrogens with one attached hydrogen (secondary N) is 3. The first-order valence-corrected chi connectivity index (χ1v) is 8.72. The first-order chi connectivity index (χ1) is 13.0. The lowest BCUT2D eigenvalue weighted by molar-refractivity contribution is -0.143. The van der Waals surface area contributed by atoms with Crippen molar-refractivity contribution in [2.24, 2.45) is 17.4 Å². The van der Waals surface area contributed by atoms with E-state index in [-0.39, 0.29) is 18.8 Å². The van der Waals surface area contributed by atoms with Gasteiger partial charge in [0.05, 0.1) is 19.2 Å². The lowest BCUT2D eigenvalue weighted by Crippen LogP contribution is -2.54. The number of carbonyl (C=O) groups is 5. The highest BCUT2D eigenvalue weighted by atomic mass is 16.4. The molecule has 0 aromatic carbocycles. The number of aliphatic hydroxyl groups is 1. The van der Waals surface area contributed by atoms with E-state index in [2.05, 4.69) is 10.6 Å². The van der Waals surface area contributed by atoms with Crippen LogP contribution in [0.4, 0.5) is 0 Å². The lowest BCUT2D eigenvalue weighted by Gasteiger charge is -2.20. The molecule has 0 aliphatic heterocycles. The number of nitrogens with two attached hydrogens (primary N) is 2. The number of primary amides is 1. The van der Waals surface area contributed by atoms with Crippen molar-refractivity contribution in [1.29, 1.82) is 0 Å². The summed E-state index contributed by atoms with van der Waals surface area (Å²) in [4.78, 5) is 57.9. The zero-order valence-corrected chi connectivity index (χ0v) is 15.9. The van der Waals surface area contributed by atoms with Crippen LogP contribution in [0.3, 0.4) is 0 Å². The van der Waals surface area contributed by atoms with Crippen LogP contribution in [-0.4, -0.2) is 71.1 Å². The first kappa shape index (κ1) is 25.3. The highest BCUT2D eigenvalue weighted by Gasteiger charge is 2.26. The number of rotatable bonds is 13. The van der Waals surface area contributed by atoms with Gasteiger partial charge in [0.25, 0.3) is 0 Å². The van der Waals surface area contributed by atoms with Gasteiger partial charge in [-0.3, -0.25) is 19.2 Å². The van der Waals surface area contributed by atoms with Gasteiger partial charge in [-0.1, -0.05) is 13.8 Å². The van der Waals surface area contributed by atoms with E-state index in [1.807, 2.05) is 19.2 Å². The fourth-order valence-electron chi connectivity index (χ4n) is 2.17. The van der Waals surface area contributed by atoms with Crippen LogP contribution < -0.4 is 27.4 Å². The molecule has 4 amide bonds. The normalized spacial score (nSPS) is 13.9. The van der Waals surface area contributed by atoms with Crippen LogP contribution in [-0.2, 0) is 24.0 Å². The predicted molar refractivity (Wildman–Crippen MR) is 97.5 cm³/mol. The molecule has 0 saturated carbocycles. The van der Waals surface area contributed by atoms with Gasteiger partial charge in [-0.05, 0) is 18.8 Å². The second-order valence-electron chi connectivity index (χ2n) is 6.66. The van der Waals surface area contributed by atoms with Crippen LogP contribution in [0.2, 0.25) is 0 Å². The van der Waals surface area contributed by atoms with Crippen molar-refractivity contribution in [2.45, 2.75) is 51.2 Å². The molecule has 3 atom stereocenters. The molecule has 28 heavy (non-hydrogen) atoms. The Kier molecular flexibility index (Phi) is 11.4. The van der Waals surface area contributed by atoms with Crippen LogP contribution in [0, 0.1) is 5.92 Å². The number of carboxylic acid groups (broad SMARTS) is 1. The fourth-order valence-corrected chi connectivity index (χ4v) is 2.17. The van der Waals surface area contributed by atoms with Crippen molar-refractivity contribution in [2.75, 3.05) is 13.2 Å². The van der Waals surface area contributed by atoms with Gasteiger partial charge in [-0.2, -0.15) is 0 Å². The molecule has 0 aliphatic rings. The van der Waals surface area contributed by atoms with E-state index >= 15 is 0 Å². The van der Waals surface area contributed by atoms with Gasteiger partial charge in [0.15, 0.2) is 0 Å². The van der Waals surface area contributed by atoms with E-state index < -0.39 is 60.9 Å². The first-order valence-electron chi connectivity index (χ1n) is 8.72. The number of aliphatic carboxylic acids is 1. The fraction of sp³-hybridized carbons (Fsp3) is 0.688. The summed E-state index contributed by atoms with van der Waals surface area (Å²) in [5.41, 5.74) is 10.7. The van der Waals surface area contributed by atoms with Gasteiger partial charge in [0.2, 0.25) is 23.6 Å². The van der Waals surface area contributed by atoms with Gasteiger partial charge >= 0.3 is 5.97 Å². The van der Waals surface area contributed by atoms with Crippen molar-refractivity contribution in [3.8, 4) is 0 Å². The average Bonchev–Trinajstić information content (AvgIpc) is 2.59. The molecule has 0 aliphatic carbocycles. The topological polar surface area (TPSA) is 214 Å². The molecule has 0 bridgehead atoms. The summed E-state index contributed by atoms with van der Waals surface area (Å²) in [6.45, 7) is 2.45. The van der Waals surface area contributed by atoms with E-state index in [1.54, 1.807) is 0 Å². The minimum Gasteiger partial charge on any atom is -0.480 e. The van der Waals surface area contributed by atoms with Gasteiger partial charge in [-0.25, -0.2) is 4.79 Å². The third kappa shape index (κ3) is 10.4. The summed E-state index contributed by atoms with van der Waals surface area (Å²) in [5.74, 6) is -4.21. The van der Waals surface area contributed by atoms with Gasteiger partial charge in [0.1, 0.15) is 12.1 Å². The van der Waals surface area contributed by atoms with E-state index in [0.29, 0.717) is 6.42 Å². The molecule has 12 heteroatoms. The number of hydrogen-bond donors (Lipinski definition) is 7. The second-order valence-corrected chi connectivity index (χ2v) is 6.66. The lowest BCUT2D eigenvalue weighted by atomic mass is 10.0. The third-order valence-corrected chi connectivity index (χ3v) is 3.61. The Morgan fingerprint density at radius 2 is 1.61 bits per heavy atom. The molecule has 0 rings (SSSR count). The third-order valence-electron chi connectivity index (χ3n) is 3.61. The highest BCUT2D eigenvalue weighted by Crippen LogP contribution is 2.02. The van der Waals surface area contributed by atoms with Gasteiger partial charge in [0, 0.05) is 6.42 Å². The summed E-state index contributed by atoms with van der Waals surface area (Å²) < 4.78 is 0. The number of carbonyl (C=O) groups excluding carboxylic acids is 4. The minimum absolute atomic E-state index is 0.185. The van der Waals surface area contributed by atoms with Crippen molar-refractivity contribution >= 4 is 29.6 Å². The summed E-state index contributed by atoms with van der Waals surface area (Å²) >= 11 is 0. The van der Waals surface area contributed by atoms with Crippen molar-refractivity contribution < 1.29 is 34.2 Å². The Balaban J connectivity index is 4.82. The van der Waals surface area contributed by atoms with Crippen molar-refractivity contribution in [3.05, 3.63) is 0 Å². The number of carboxylic acids is 1. The molecule has 160 valence electrons. The quantitative estimate of drug-likeness (QED) is 0.166. The number of aliphatic hydroxyl groups excluding tert-OH is 1. The Bertz CT molecular complexity index is 582. The van der Waals surface area contributed by atoms with Crippen LogP contribution in [0.15, 0.2) is 0 Å². The summed E-state index contributed by atoms with van der Waals surface area (Å²) in [6, 6.07) is -3.65. The van der Waals surface area contributed by atoms with Gasteiger partial charge < -0.3 is 37.6 Å². The molecule has 9 N–H and O–H groups in total. The van der Waals surface area contributed by atoms with Crippen LogP contribution in [0.1, 0.15) is 33.1 Å². The summed E-state index contributed by atoms with van der Waals surface area (Å²) in [6.07, 6.45) is -0.0127. The molecule has 0 aromatic heterocycles. The molecular formula is C16H29N5O7. The monoisotopic (exact) mass is 403 g/mol. The smallest absolute Gasteiger partial charge is 0.328 e. The zero-order chi connectivity index (χ0) is 21.9. The maximum absolute atomic E-state index is 12.2.